The average Bonchev–Trinajstić information content (AvgIpc) is 3.17. The topological polar surface area (TPSA) is 147 Å². The van der Waals surface area contributed by atoms with Crippen LogP contribution in [-0.2, 0) is 30.8 Å². The predicted octanol–water partition coefficient (Wildman–Crippen LogP) is 2.62. The Morgan fingerprint density at radius 3 is 2.28 bits per heavy atom. The quantitative estimate of drug-likeness (QED) is 0.414. The molecule has 1 unspecified atom stereocenters. The summed E-state index contributed by atoms with van der Waals surface area (Å²) in [7, 11) is -3.85. The van der Waals surface area contributed by atoms with Crippen LogP contribution >= 0.6 is 0 Å². The molecule has 11 heteroatoms. The molecule has 1 atom stereocenters. The summed E-state index contributed by atoms with van der Waals surface area (Å²) in [6, 6.07) is 18.2. The van der Waals surface area contributed by atoms with Gasteiger partial charge in [0.2, 0.25) is 21.8 Å². The molecule has 3 aromatic rings. The molecule has 1 aliphatic heterocycles. The van der Waals surface area contributed by atoms with Crippen LogP contribution in [0.5, 0.6) is 0 Å². The number of primary sulfonamides is 1. The molecule has 4 amide bonds. The van der Waals surface area contributed by atoms with Crippen LogP contribution in [0.15, 0.2) is 77.7 Å². The molecule has 1 heterocycles. The first kappa shape index (κ1) is 27.7. The molecule has 202 valence electrons. The number of nitrogens with one attached hydrogen (secondary N) is 1. The Morgan fingerprint density at radius 1 is 1.03 bits per heavy atom. The molecule has 1 fully saturated rings. The van der Waals surface area contributed by atoms with Gasteiger partial charge in [-0.05, 0) is 67.4 Å². The van der Waals surface area contributed by atoms with E-state index in [4.69, 9.17) is 5.14 Å². The van der Waals surface area contributed by atoms with Crippen LogP contribution in [0.4, 0.5) is 11.4 Å². The van der Waals surface area contributed by atoms with Gasteiger partial charge in [0.25, 0.3) is 11.8 Å². The van der Waals surface area contributed by atoms with E-state index in [1.54, 1.807) is 54.6 Å². The first-order valence-electron chi connectivity index (χ1n) is 12.2. The summed E-state index contributed by atoms with van der Waals surface area (Å²) in [6.45, 7) is 3.34. The second kappa shape index (κ2) is 11.2. The van der Waals surface area contributed by atoms with Gasteiger partial charge < -0.3 is 10.2 Å². The Morgan fingerprint density at radius 2 is 1.69 bits per heavy atom. The second-order valence-corrected chi connectivity index (χ2v) is 10.9. The van der Waals surface area contributed by atoms with Gasteiger partial charge in [0.1, 0.15) is 6.04 Å². The van der Waals surface area contributed by atoms with E-state index in [0.717, 1.165) is 16.0 Å². The van der Waals surface area contributed by atoms with Crippen LogP contribution < -0.4 is 15.4 Å². The van der Waals surface area contributed by atoms with E-state index in [9.17, 15) is 27.6 Å². The number of anilines is 2. The van der Waals surface area contributed by atoms with E-state index in [1.165, 1.54) is 24.0 Å². The van der Waals surface area contributed by atoms with Gasteiger partial charge in [-0.2, -0.15) is 0 Å². The summed E-state index contributed by atoms with van der Waals surface area (Å²) in [5.74, 6) is -1.62. The zero-order chi connectivity index (χ0) is 28.3. The third-order valence-electron chi connectivity index (χ3n) is 6.36. The summed E-state index contributed by atoms with van der Waals surface area (Å²) < 4.78 is 23.1. The lowest BCUT2D eigenvalue weighted by molar-refractivity contribution is -0.122. The number of carbonyl (C=O) groups excluding carboxylic acids is 4. The van der Waals surface area contributed by atoms with Crippen LogP contribution in [-0.4, -0.2) is 49.5 Å². The van der Waals surface area contributed by atoms with Crippen molar-refractivity contribution in [1.82, 2.24) is 4.90 Å². The lowest BCUT2D eigenvalue weighted by Gasteiger charge is -2.28. The Balaban J connectivity index is 1.61. The highest BCUT2D eigenvalue weighted by molar-refractivity contribution is 7.89. The summed E-state index contributed by atoms with van der Waals surface area (Å²) in [4.78, 5) is 53.9. The maximum absolute atomic E-state index is 13.6. The number of aryl methyl sites for hydroxylation is 1. The van der Waals surface area contributed by atoms with Gasteiger partial charge in [0.05, 0.1) is 17.0 Å². The van der Waals surface area contributed by atoms with Crippen molar-refractivity contribution in [3.8, 4) is 0 Å². The highest BCUT2D eigenvalue weighted by atomic mass is 32.2. The van der Waals surface area contributed by atoms with Gasteiger partial charge in [-0.25, -0.2) is 18.5 Å². The lowest BCUT2D eigenvalue weighted by Crippen LogP contribution is -2.46. The second-order valence-electron chi connectivity index (χ2n) is 9.32. The first-order chi connectivity index (χ1) is 18.4. The Labute approximate surface area is 226 Å². The molecule has 0 aromatic heterocycles. The summed E-state index contributed by atoms with van der Waals surface area (Å²) >= 11 is 0. The average molecular weight is 549 g/mol. The van der Waals surface area contributed by atoms with Gasteiger partial charge >= 0.3 is 0 Å². The number of nitrogens with zero attached hydrogens (tertiary/aromatic N) is 2. The van der Waals surface area contributed by atoms with Gasteiger partial charge in [0, 0.05) is 24.7 Å². The predicted molar refractivity (Wildman–Crippen MR) is 145 cm³/mol. The van der Waals surface area contributed by atoms with Crippen LogP contribution in [0.2, 0.25) is 0 Å². The largest absolute Gasteiger partial charge is 0.326 e. The molecule has 0 spiro atoms. The SMILES string of the molecule is CC(=O)Nc1ccc(N2C(=O)CC(N(CCc3ccc(S(N)(=O)=O)cc3)C(=O)c3cccc(C)c3)C2=O)cc1. The zero-order valence-corrected chi connectivity index (χ0v) is 22.3. The van der Waals surface area contributed by atoms with Gasteiger partial charge in [-0.1, -0.05) is 29.8 Å². The number of amides is 4. The van der Waals surface area contributed by atoms with Crippen molar-refractivity contribution in [2.75, 3.05) is 16.8 Å². The first-order valence-corrected chi connectivity index (χ1v) is 13.7. The number of carbonyl (C=O) groups is 4. The van der Waals surface area contributed by atoms with Crippen LogP contribution in [0.25, 0.3) is 0 Å². The molecular formula is C28H28N4O6S. The van der Waals surface area contributed by atoms with E-state index >= 15 is 0 Å². The van der Waals surface area contributed by atoms with E-state index < -0.39 is 33.8 Å². The molecule has 4 rings (SSSR count). The molecule has 1 saturated heterocycles. The lowest BCUT2D eigenvalue weighted by atomic mass is 10.1. The van der Waals surface area contributed by atoms with Crippen molar-refractivity contribution in [2.24, 2.45) is 5.14 Å². The Hall–Kier alpha value is -4.35. The van der Waals surface area contributed by atoms with E-state index in [0.29, 0.717) is 23.4 Å². The van der Waals surface area contributed by atoms with Gasteiger partial charge in [-0.15, -0.1) is 0 Å². The number of nitrogens with two attached hydrogens (primary N) is 1. The molecule has 39 heavy (non-hydrogen) atoms. The van der Waals surface area contributed by atoms with Crippen molar-refractivity contribution in [3.05, 3.63) is 89.5 Å². The highest BCUT2D eigenvalue weighted by Gasteiger charge is 2.44. The fourth-order valence-electron chi connectivity index (χ4n) is 4.47. The molecule has 0 bridgehead atoms. The van der Waals surface area contributed by atoms with Crippen LogP contribution in [0, 0.1) is 6.92 Å². The Bertz CT molecular complexity index is 1530. The third kappa shape index (κ3) is 6.39. The monoisotopic (exact) mass is 548 g/mol. The van der Waals surface area contributed by atoms with E-state index in [1.807, 2.05) is 13.0 Å². The maximum Gasteiger partial charge on any atom is 0.257 e. The van der Waals surface area contributed by atoms with Crippen molar-refractivity contribution in [3.63, 3.8) is 0 Å². The minimum absolute atomic E-state index is 0.0318. The summed E-state index contributed by atoms with van der Waals surface area (Å²) in [5, 5.41) is 7.81. The fourth-order valence-corrected chi connectivity index (χ4v) is 4.98. The Kier molecular flexibility index (Phi) is 7.93. The fraction of sp³-hybridized carbons (Fsp3) is 0.214. The molecule has 0 radical (unpaired) electrons. The molecule has 0 aliphatic carbocycles. The van der Waals surface area contributed by atoms with E-state index in [2.05, 4.69) is 5.32 Å². The molecule has 0 saturated carbocycles. The number of sulfonamides is 1. The van der Waals surface area contributed by atoms with Crippen molar-refractivity contribution >= 4 is 45.0 Å². The van der Waals surface area contributed by atoms with Gasteiger partial charge in [-0.3, -0.25) is 19.2 Å². The molecule has 1 aliphatic rings. The number of benzene rings is 3. The normalized spacial score (nSPS) is 15.4. The maximum atomic E-state index is 13.6. The third-order valence-corrected chi connectivity index (χ3v) is 7.29. The summed E-state index contributed by atoms with van der Waals surface area (Å²) in [6.07, 6.45) is 0.125. The molecule has 3 aromatic carbocycles. The smallest absolute Gasteiger partial charge is 0.257 e. The molecule has 10 nitrogen and oxygen atoms in total. The van der Waals surface area contributed by atoms with Crippen molar-refractivity contribution in [1.29, 1.82) is 0 Å². The number of rotatable bonds is 8. The minimum atomic E-state index is -3.85. The zero-order valence-electron chi connectivity index (χ0n) is 21.5. The molecular weight excluding hydrogens is 520 g/mol. The van der Waals surface area contributed by atoms with Crippen molar-refractivity contribution in [2.45, 2.75) is 37.6 Å². The molecule has 3 N–H and O–H groups in total. The van der Waals surface area contributed by atoms with E-state index in [-0.39, 0.29) is 23.8 Å². The van der Waals surface area contributed by atoms with Crippen LogP contribution in [0.1, 0.15) is 34.8 Å². The number of hydrogen-bond donors (Lipinski definition) is 2. The number of hydrogen-bond acceptors (Lipinski definition) is 6. The summed E-state index contributed by atoms with van der Waals surface area (Å²) in [5.41, 5.74) is 2.84. The highest BCUT2D eigenvalue weighted by Crippen LogP contribution is 2.28. The number of imide groups is 1. The standard InChI is InChI=1S/C28H28N4O6S/c1-18-4-3-5-21(16-18)27(35)31(15-14-20-6-12-24(13-7-20)39(29,37)38)25-17-26(34)32(28(25)36)23-10-8-22(9-11-23)30-19(2)33/h3-13,16,25H,14-15,17H2,1-2H3,(H,30,33)(H2,29,37,38). The van der Waals surface area contributed by atoms with Crippen LogP contribution in [0.3, 0.4) is 0 Å². The van der Waals surface area contributed by atoms with Gasteiger partial charge in [0.15, 0.2) is 0 Å². The van der Waals surface area contributed by atoms with Crippen molar-refractivity contribution < 1.29 is 27.6 Å². The minimum Gasteiger partial charge on any atom is -0.326 e.